The van der Waals surface area contributed by atoms with Gasteiger partial charge in [-0.3, -0.25) is 0 Å². The molecule has 0 atom stereocenters. The molecule has 3 radical (unpaired) electrons. The van der Waals surface area contributed by atoms with Crippen molar-refractivity contribution in [3.05, 3.63) is 0 Å². The lowest BCUT2D eigenvalue weighted by Gasteiger charge is -2.05. The molecule has 1 nitrogen and oxygen atoms in total. The summed E-state index contributed by atoms with van der Waals surface area (Å²) in [6.07, 6.45) is 0. The average Bonchev–Trinajstić information content (AvgIpc) is 1.36. The van der Waals surface area contributed by atoms with Crippen LogP contribution in [-0.4, -0.2) is 15.5 Å². The lowest BCUT2D eigenvalue weighted by atomic mass is 10.0. The first-order valence-corrected chi connectivity index (χ1v) is 2.58. The van der Waals surface area contributed by atoms with Crippen LogP contribution in [0.2, 0.25) is 0 Å². The van der Waals surface area contributed by atoms with Crippen LogP contribution in [0.4, 0.5) is 0 Å². The van der Waals surface area contributed by atoms with Gasteiger partial charge in [0.2, 0.25) is 0 Å². The molecule has 0 rings (SSSR count). The SMILES string of the molecule is C.CC(C)(C)C.CN.[B]. The summed E-state index contributed by atoms with van der Waals surface area (Å²) < 4.78 is 0. The smallest absolute Gasteiger partial charge is 0 e. The second-order valence-electron chi connectivity index (χ2n) is 3.00. The van der Waals surface area contributed by atoms with Crippen LogP contribution in [0.1, 0.15) is 35.1 Å². The van der Waals surface area contributed by atoms with Crippen LogP contribution in [0.25, 0.3) is 0 Å². The van der Waals surface area contributed by atoms with Crippen molar-refractivity contribution in [2.24, 2.45) is 11.1 Å². The molecule has 0 unspecified atom stereocenters. The Balaban J connectivity index is -0.0000000286. The first-order valence-electron chi connectivity index (χ1n) is 2.58. The van der Waals surface area contributed by atoms with Gasteiger partial charge in [0.1, 0.15) is 0 Å². The molecule has 0 spiro atoms. The highest BCUT2D eigenvalue weighted by atomic mass is 14.4. The third-order valence-corrected chi connectivity index (χ3v) is 0. The van der Waals surface area contributed by atoms with E-state index in [-0.39, 0.29) is 15.8 Å². The molecule has 2 N–H and O–H groups in total. The minimum Gasteiger partial charge on any atom is -0.333 e. The van der Waals surface area contributed by atoms with Crippen molar-refractivity contribution in [3.8, 4) is 0 Å². The predicted molar refractivity (Wildman–Crippen MR) is 47.7 cm³/mol. The predicted octanol–water partition coefficient (Wildman–Crippen LogP) is 1.88. The fraction of sp³-hybridized carbons (Fsp3) is 1.00. The molecule has 0 aliphatic heterocycles. The van der Waals surface area contributed by atoms with Crippen molar-refractivity contribution in [3.63, 3.8) is 0 Å². The van der Waals surface area contributed by atoms with Crippen molar-refractivity contribution < 1.29 is 0 Å². The van der Waals surface area contributed by atoms with Gasteiger partial charge in [-0.2, -0.15) is 0 Å². The first-order chi connectivity index (χ1) is 3.00. The molecule has 9 heavy (non-hydrogen) atoms. The van der Waals surface area contributed by atoms with Gasteiger partial charge < -0.3 is 5.73 Å². The maximum atomic E-state index is 4.50. The number of nitrogens with two attached hydrogens (primary N) is 1. The van der Waals surface area contributed by atoms with Gasteiger partial charge in [0, 0.05) is 8.41 Å². The van der Waals surface area contributed by atoms with E-state index >= 15 is 0 Å². The van der Waals surface area contributed by atoms with Crippen molar-refractivity contribution in [2.75, 3.05) is 7.05 Å². The Labute approximate surface area is 62.6 Å². The zero-order valence-electron chi connectivity index (χ0n) is 6.65. The second-order valence-corrected chi connectivity index (χ2v) is 3.00. The first kappa shape index (κ1) is 23.0. The number of hydrogen-bond acceptors (Lipinski definition) is 1. The molecule has 0 aromatic carbocycles. The minimum absolute atomic E-state index is 0. The number of hydrogen-bond donors (Lipinski definition) is 1. The van der Waals surface area contributed by atoms with Gasteiger partial charge in [-0.05, 0) is 12.5 Å². The Bertz CT molecular complexity index is 24.4. The summed E-state index contributed by atoms with van der Waals surface area (Å²) in [7, 11) is 1.50. The molecule has 0 aromatic heterocycles. The van der Waals surface area contributed by atoms with Crippen LogP contribution in [-0.2, 0) is 0 Å². The molecule has 0 saturated carbocycles. The fourth-order valence-electron chi connectivity index (χ4n) is 0. The Morgan fingerprint density at radius 3 is 0.889 bits per heavy atom. The van der Waals surface area contributed by atoms with Gasteiger partial charge in [-0.1, -0.05) is 35.1 Å². The van der Waals surface area contributed by atoms with E-state index in [1.807, 2.05) is 0 Å². The Kier molecular flexibility index (Phi) is 27.9. The normalized spacial score (nSPS) is 7.33. The zero-order valence-corrected chi connectivity index (χ0v) is 6.65. The van der Waals surface area contributed by atoms with E-state index in [2.05, 4.69) is 33.4 Å². The summed E-state index contributed by atoms with van der Waals surface area (Å²) in [6, 6.07) is 0. The fourth-order valence-corrected chi connectivity index (χ4v) is 0. The summed E-state index contributed by atoms with van der Waals surface area (Å²) in [4.78, 5) is 0. The molecule has 0 heterocycles. The van der Waals surface area contributed by atoms with E-state index in [1.54, 1.807) is 0 Å². The zero-order chi connectivity index (χ0) is 6.50. The van der Waals surface area contributed by atoms with E-state index < -0.39 is 0 Å². The summed E-state index contributed by atoms with van der Waals surface area (Å²) in [5.74, 6) is 0. The minimum atomic E-state index is 0. The lowest BCUT2D eigenvalue weighted by Crippen LogP contribution is -1.93. The van der Waals surface area contributed by atoms with E-state index in [9.17, 15) is 0 Å². The van der Waals surface area contributed by atoms with Crippen LogP contribution in [0.5, 0.6) is 0 Å². The molecule has 0 aromatic rings. The van der Waals surface area contributed by atoms with Gasteiger partial charge in [-0.15, -0.1) is 0 Å². The van der Waals surface area contributed by atoms with Gasteiger partial charge in [0.05, 0.1) is 0 Å². The van der Waals surface area contributed by atoms with Gasteiger partial charge in [0.25, 0.3) is 0 Å². The molecular formula is C7H21BN. The second kappa shape index (κ2) is 10.9. The summed E-state index contributed by atoms with van der Waals surface area (Å²) >= 11 is 0. The Morgan fingerprint density at radius 1 is 0.889 bits per heavy atom. The van der Waals surface area contributed by atoms with Crippen molar-refractivity contribution in [1.29, 1.82) is 0 Å². The Morgan fingerprint density at radius 2 is 0.889 bits per heavy atom. The van der Waals surface area contributed by atoms with E-state index in [0.717, 1.165) is 0 Å². The molecule has 57 valence electrons. The average molecular weight is 130 g/mol. The molecule has 0 saturated heterocycles. The van der Waals surface area contributed by atoms with E-state index in [1.165, 1.54) is 7.05 Å². The highest BCUT2D eigenvalue weighted by molar-refractivity contribution is 5.75. The maximum Gasteiger partial charge on any atom is 0 e. The van der Waals surface area contributed by atoms with Gasteiger partial charge in [-0.25, -0.2) is 0 Å². The summed E-state index contributed by atoms with van der Waals surface area (Å²) in [6.45, 7) is 8.75. The highest BCUT2D eigenvalue weighted by Gasteiger charge is 1.95. The van der Waals surface area contributed by atoms with Crippen LogP contribution in [0, 0.1) is 5.41 Å². The Hall–Kier alpha value is 0.0249. The molecule has 0 aliphatic rings. The molecule has 0 bridgehead atoms. The van der Waals surface area contributed by atoms with Crippen LogP contribution < -0.4 is 5.73 Å². The molecule has 0 fully saturated rings. The van der Waals surface area contributed by atoms with Gasteiger partial charge >= 0.3 is 0 Å². The van der Waals surface area contributed by atoms with Crippen molar-refractivity contribution in [2.45, 2.75) is 35.1 Å². The van der Waals surface area contributed by atoms with Crippen molar-refractivity contribution >= 4 is 8.41 Å². The third kappa shape index (κ3) is 469000. The topological polar surface area (TPSA) is 26.0 Å². The number of rotatable bonds is 0. The highest BCUT2D eigenvalue weighted by Crippen LogP contribution is 2.07. The van der Waals surface area contributed by atoms with Crippen LogP contribution in [0.3, 0.4) is 0 Å². The standard InChI is InChI=1S/C5H12.CH5N.CH4.B/c1-5(2,3)4;1-2;;/h1-4H3;2H2,1H3;1H4;. The summed E-state index contributed by atoms with van der Waals surface area (Å²) in [5, 5.41) is 0. The van der Waals surface area contributed by atoms with E-state index in [0.29, 0.717) is 5.41 Å². The maximum absolute atomic E-state index is 4.50. The monoisotopic (exact) mass is 130 g/mol. The summed E-state index contributed by atoms with van der Waals surface area (Å²) in [5.41, 5.74) is 5.00. The van der Waals surface area contributed by atoms with Crippen LogP contribution >= 0.6 is 0 Å². The van der Waals surface area contributed by atoms with Gasteiger partial charge in [0.15, 0.2) is 0 Å². The van der Waals surface area contributed by atoms with Crippen molar-refractivity contribution in [1.82, 2.24) is 0 Å². The molecule has 0 aliphatic carbocycles. The molecule has 0 amide bonds. The van der Waals surface area contributed by atoms with E-state index in [4.69, 9.17) is 0 Å². The lowest BCUT2D eigenvalue weighted by molar-refractivity contribution is 0.469. The molecular weight excluding hydrogens is 109 g/mol. The molecule has 2 heteroatoms. The third-order valence-electron chi connectivity index (χ3n) is 0. The largest absolute Gasteiger partial charge is 0.333 e. The quantitative estimate of drug-likeness (QED) is 0.498. The van der Waals surface area contributed by atoms with Crippen LogP contribution in [0.15, 0.2) is 0 Å².